The molecular formula is C7H10IN3O2. The summed E-state index contributed by atoms with van der Waals surface area (Å²) in [5.41, 5.74) is -0.178. The van der Waals surface area contributed by atoms with Crippen LogP contribution in [0.5, 0.6) is 0 Å². The third kappa shape index (κ3) is 2.66. The second-order valence-corrected chi connectivity index (χ2v) is 3.70. The van der Waals surface area contributed by atoms with Crippen molar-refractivity contribution in [3.63, 3.8) is 0 Å². The Morgan fingerprint density at radius 3 is 3.15 bits per heavy atom. The second-order valence-electron chi connectivity index (χ2n) is 2.62. The number of aliphatic hydroxyl groups excluding tert-OH is 1. The molecule has 1 rings (SSSR count). The Kier molecular flexibility index (Phi) is 3.67. The summed E-state index contributed by atoms with van der Waals surface area (Å²) in [5.74, 6) is 0.505. The maximum Gasteiger partial charge on any atom is 0.266 e. The molecule has 5 nitrogen and oxygen atoms in total. The van der Waals surface area contributed by atoms with Gasteiger partial charge in [-0.05, 0) is 29.5 Å². The molecule has 0 amide bonds. The molecule has 0 saturated carbocycles. The van der Waals surface area contributed by atoms with Crippen molar-refractivity contribution in [1.82, 2.24) is 9.97 Å². The molecular weight excluding hydrogens is 285 g/mol. The van der Waals surface area contributed by atoms with Crippen LogP contribution in [0.2, 0.25) is 0 Å². The molecule has 0 saturated heterocycles. The number of H-pyrrole nitrogens is 1. The lowest BCUT2D eigenvalue weighted by Crippen LogP contribution is -2.23. The van der Waals surface area contributed by atoms with Crippen molar-refractivity contribution in [3.8, 4) is 0 Å². The lowest BCUT2D eigenvalue weighted by Gasteiger charge is -2.11. The maximum atomic E-state index is 11.1. The van der Waals surface area contributed by atoms with E-state index in [2.05, 4.69) is 15.3 Å². The summed E-state index contributed by atoms with van der Waals surface area (Å²) < 4.78 is 0.500. The molecule has 0 radical (unpaired) electrons. The Balaban J connectivity index is 2.89. The number of aromatic amines is 1. The van der Waals surface area contributed by atoms with E-state index >= 15 is 0 Å². The highest BCUT2D eigenvalue weighted by molar-refractivity contribution is 14.1. The van der Waals surface area contributed by atoms with Crippen molar-refractivity contribution in [1.29, 1.82) is 0 Å². The molecule has 3 N–H and O–H groups in total. The first-order valence-electron chi connectivity index (χ1n) is 3.75. The van der Waals surface area contributed by atoms with Gasteiger partial charge in [0, 0.05) is 6.04 Å². The molecule has 6 heteroatoms. The Bertz CT molecular complexity index is 339. The molecule has 0 aliphatic heterocycles. The van der Waals surface area contributed by atoms with Crippen LogP contribution in [0, 0.1) is 3.57 Å². The predicted molar refractivity (Wildman–Crippen MR) is 57.7 cm³/mol. The van der Waals surface area contributed by atoms with Crippen LogP contribution in [0.1, 0.15) is 6.92 Å². The minimum absolute atomic E-state index is 0.00452. The Morgan fingerprint density at radius 1 is 1.85 bits per heavy atom. The molecule has 0 aromatic carbocycles. The fourth-order valence-electron chi connectivity index (χ4n) is 0.763. The van der Waals surface area contributed by atoms with E-state index in [1.165, 1.54) is 6.33 Å². The highest BCUT2D eigenvalue weighted by Gasteiger charge is 2.07. The van der Waals surface area contributed by atoms with Gasteiger partial charge in [-0.3, -0.25) is 4.79 Å². The zero-order chi connectivity index (χ0) is 9.84. The molecule has 1 heterocycles. The van der Waals surface area contributed by atoms with Crippen LogP contribution in [0.4, 0.5) is 5.82 Å². The zero-order valence-electron chi connectivity index (χ0n) is 7.04. The summed E-state index contributed by atoms with van der Waals surface area (Å²) in [7, 11) is 0. The minimum Gasteiger partial charge on any atom is -0.394 e. The van der Waals surface area contributed by atoms with Crippen molar-refractivity contribution in [2.45, 2.75) is 13.0 Å². The van der Waals surface area contributed by atoms with Crippen molar-refractivity contribution in [2.75, 3.05) is 11.9 Å². The van der Waals surface area contributed by atoms with Gasteiger partial charge in [-0.2, -0.15) is 0 Å². The standard InChI is InChI=1S/C7H10IN3O2/c1-4(2-12)11-6-5(8)7(13)10-3-9-6/h3-4,12H,2H2,1H3,(H2,9,10,11,13). The molecule has 72 valence electrons. The number of hydrogen-bond donors (Lipinski definition) is 3. The van der Waals surface area contributed by atoms with E-state index in [9.17, 15) is 4.79 Å². The molecule has 13 heavy (non-hydrogen) atoms. The number of halogens is 1. The van der Waals surface area contributed by atoms with Crippen LogP contribution >= 0.6 is 22.6 Å². The van der Waals surface area contributed by atoms with Gasteiger partial charge in [-0.15, -0.1) is 0 Å². The zero-order valence-corrected chi connectivity index (χ0v) is 9.20. The van der Waals surface area contributed by atoms with Crippen LogP contribution < -0.4 is 10.9 Å². The van der Waals surface area contributed by atoms with Crippen molar-refractivity contribution in [2.24, 2.45) is 0 Å². The van der Waals surface area contributed by atoms with E-state index in [4.69, 9.17) is 5.11 Å². The first-order chi connectivity index (χ1) is 6.15. The van der Waals surface area contributed by atoms with Crippen molar-refractivity contribution >= 4 is 28.4 Å². The van der Waals surface area contributed by atoms with E-state index in [-0.39, 0.29) is 18.2 Å². The number of rotatable bonds is 3. The fourth-order valence-corrected chi connectivity index (χ4v) is 1.21. The van der Waals surface area contributed by atoms with Crippen LogP contribution in [0.3, 0.4) is 0 Å². The third-order valence-corrected chi connectivity index (χ3v) is 2.45. The van der Waals surface area contributed by atoms with Crippen LogP contribution in [-0.2, 0) is 0 Å². The molecule has 0 spiro atoms. The topological polar surface area (TPSA) is 78.0 Å². The average molecular weight is 295 g/mol. The number of anilines is 1. The lowest BCUT2D eigenvalue weighted by atomic mass is 10.3. The summed E-state index contributed by atoms with van der Waals surface area (Å²) >= 11 is 1.90. The van der Waals surface area contributed by atoms with Crippen molar-refractivity contribution in [3.05, 3.63) is 20.3 Å². The third-order valence-electron chi connectivity index (χ3n) is 1.45. The van der Waals surface area contributed by atoms with Crippen LogP contribution in [0.15, 0.2) is 11.1 Å². The summed E-state index contributed by atoms with van der Waals surface area (Å²) in [6.07, 6.45) is 1.33. The smallest absolute Gasteiger partial charge is 0.266 e. The molecule has 0 aliphatic carbocycles. The van der Waals surface area contributed by atoms with Gasteiger partial charge in [0.2, 0.25) is 0 Å². The van der Waals surface area contributed by atoms with Gasteiger partial charge in [0.25, 0.3) is 5.56 Å². The van der Waals surface area contributed by atoms with E-state index in [1.54, 1.807) is 6.92 Å². The summed E-state index contributed by atoms with van der Waals surface area (Å²) in [6, 6.07) is -0.109. The molecule has 0 fully saturated rings. The molecule has 0 bridgehead atoms. The quantitative estimate of drug-likeness (QED) is 0.695. The van der Waals surface area contributed by atoms with Crippen molar-refractivity contribution < 1.29 is 5.11 Å². The van der Waals surface area contributed by atoms with Gasteiger partial charge in [-0.25, -0.2) is 4.98 Å². The monoisotopic (exact) mass is 295 g/mol. The molecule has 0 aliphatic rings. The number of aromatic nitrogens is 2. The Hall–Kier alpha value is -0.630. The van der Waals surface area contributed by atoms with Gasteiger partial charge in [0.1, 0.15) is 9.39 Å². The summed E-state index contributed by atoms with van der Waals surface area (Å²) in [4.78, 5) is 17.5. The van der Waals surface area contributed by atoms with Gasteiger partial charge >= 0.3 is 0 Å². The second kappa shape index (κ2) is 4.56. The van der Waals surface area contributed by atoms with E-state index < -0.39 is 0 Å². The van der Waals surface area contributed by atoms with Gasteiger partial charge in [0.05, 0.1) is 12.9 Å². The predicted octanol–water partition coefficient (Wildman–Crippen LogP) is 0.167. The largest absolute Gasteiger partial charge is 0.394 e. The fraction of sp³-hybridized carbons (Fsp3) is 0.429. The molecule has 1 aromatic rings. The SMILES string of the molecule is CC(CO)Nc1nc[nH]c(=O)c1I. The Labute approximate surface area is 88.7 Å². The number of nitrogens with one attached hydrogen (secondary N) is 2. The number of nitrogens with zero attached hydrogens (tertiary/aromatic N) is 1. The normalized spacial score (nSPS) is 12.5. The maximum absolute atomic E-state index is 11.1. The highest BCUT2D eigenvalue weighted by Crippen LogP contribution is 2.09. The first kappa shape index (κ1) is 10.5. The molecule has 1 aromatic heterocycles. The number of aliphatic hydroxyl groups is 1. The minimum atomic E-state index is -0.178. The van der Waals surface area contributed by atoms with E-state index in [1.807, 2.05) is 22.6 Å². The van der Waals surface area contributed by atoms with Crippen LogP contribution in [0.25, 0.3) is 0 Å². The molecule has 1 atom stereocenters. The highest BCUT2D eigenvalue weighted by atomic mass is 127. The van der Waals surface area contributed by atoms with Gasteiger partial charge in [-0.1, -0.05) is 0 Å². The lowest BCUT2D eigenvalue weighted by molar-refractivity contribution is 0.281. The average Bonchev–Trinajstić information content (AvgIpc) is 2.13. The van der Waals surface area contributed by atoms with E-state index in [0.717, 1.165) is 0 Å². The molecule has 1 unspecified atom stereocenters. The van der Waals surface area contributed by atoms with Gasteiger partial charge in [0.15, 0.2) is 0 Å². The summed E-state index contributed by atoms with van der Waals surface area (Å²) in [5, 5.41) is 11.7. The number of hydrogen-bond acceptors (Lipinski definition) is 4. The van der Waals surface area contributed by atoms with Gasteiger partial charge < -0.3 is 15.4 Å². The summed E-state index contributed by atoms with van der Waals surface area (Å²) in [6.45, 7) is 1.81. The Morgan fingerprint density at radius 2 is 2.54 bits per heavy atom. The van der Waals surface area contributed by atoms with Crippen LogP contribution in [-0.4, -0.2) is 27.7 Å². The first-order valence-corrected chi connectivity index (χ1v) is 4.83. The van der Waals surface area contributed by atoms with E-state index in [0.29, 0.717) is 9.39 Å².